The highest BCUT2D eigenvalue weighted by Crippen LogP contribution is 2.38. The molecule has 1 saturated heterocycles. The van der Waals surface area contributed by atoms with Gasteiger partial charge in [-0.2, -0.15) is 18.3 Å². The number of hydrogen-bond acceptors (Lipinski definition) is 7. The number of carbonyl (C=O) groups excluding carboxylic acids is 2. The summed E-state index contributed by atoms with van der Waals surface area (Å²) in [6.07, 6.45) is -1.72. The summed E-state index contributed by atoms with van der Waals surface area (Å²) >= 11 is 0. The molecule has 0 unspecified atom stereocenters. The van der Waals surface area contributed by atoms with Gasteiger partial charge in [-0.3, -0.25) is 20.1 Å². The third-order valence-corrected chi connectivity index (χ3v) is 6.13. The molecule has 1 fully saturated rings. The Morgan fingerprint density at radius 1 is 1.26 bits per heavy atom. The molecule has 5 heterocycles. The molecule has 14 heteroatoms. The Morgan fingerprint density at radius 2 is 2.06 bits per heavy atom. The number of H-pyrrole nitrogens is 1. The molecule has 0 spiro atoms. The molecule has 35 heavy (non-hydrogen) atoms. The summed E-state index contributed by atoms with van der Waals surface area (Å²) in [4.78, 5) is 41.9. The number of piperidine rings is 1. The van der Waals surface area contributed by atoms with Gasteiger partial charge in [-0.05, 0) is 38.8 Å². The number of fused-ring (bicyclic) bond motifs is 5. The van der Waals surface area contributed by atoms with Gasteiger partial charge in [0, 0.05) is 18.8 Å². The van der Waals surface area contributed by atoms with E-state index in [9.17, 15) is 22.8 Å². The average Bonchev–Trinajstić information content (AvgIpc) is 3.19. The van der Waals surface area contributed by atoms with E-state index in [1.54, 1.807) is 12.1 Å². The van der Waals surface area contributed by atoms with Crippen molar-refractivity contribution in [1.82, 2.24) is 30.5 Å². The maximum Gasteiger partial charge on any atom is 0.408 e. The smallest absolute Gasteiger partial charge is 0.365 e. The lowest BCUT2D eigenvalue weighted by Crippen LogP contribution is -2.56. The van der Waals surface area contributed by atoms with Crippen LogP contribution in [0, 0.1) is 6.92 Å². The number of hydrogen-bond donors (Lipinski definition) is 3. The van der Waals surface area contributed by atoms with Gasteiger partial charge in [0.05, 0.1) is 23.3 Å². The maximum absolute atomic E-state index is 13.4. The summed E-state index contributed by atoms with van der Waals surface area (Å²) in [6.45, 7) is 3.92. The second-order valence-electron chi connectivity index (χ2n) is 8.60. The number of nitrogens with zero attached hydrogens (tertiary/aromatic N) is 6. The number of nitrogens with one attached hydrogen (secondary N) is 3. The number of rotatable bonds is 3. The number of aryl methyl sites for hydroxylation is 1. The minimum absolute atomic E-state index is 0.159. The number of urea groups is 1. The normalized spacial score (nSPS) is 18.3. The fourth-order valence-electron chi connectivity index (χ4n) is 4.30. The number of carbonyl (C=O) groups is 2. The van der Waals surface area contributed by atoms with Gasteiger partial charge in [-0.25, -0.2) is 19.7 Å². The van der Waals surface area contributed by atoms with E-state index in [4.69, 9.17) is 0 Å². The second-order valence-corrected chi connectivity index (χ2v) is 8.60. The highest BCUT2D eigenvalue weighted by molar-refractivity contribution is 6.07. The number of alkyl halides is 3. The van der Waals surface area contributed by atoms with Gasteiger partial charge in [0.1, 0.15) is 6.04 Å². The van der Waals surface area contributed by atoms with E-state index < -0.39 is 30.0 Å². The molecule has 0 radical (unpaired) electrons. The van der Waals surface area contributed by atoms with E-state index >= 15 is 0 Å². The predicted molar refractivity (Wildman–Crippen MR) is 120 cm³/mol. The van der Waals surface area contributed by atoms with E-state index in [0.29, 0.717) is 36.2 Å². The highest BCUT2D eigenvalue weighted by atomic mass is 19.4. The van der Waals surface area contributed by atoms with E-state index in [2.05, 4.69) is 30.5 Å². The molecular weight excluding hydrogens is 467 g/mol. The zero-order valence-electron chi connectivity index (χ0n) is 18.8. The van der Waals surface area contributed by atoms with Gasteiger partial charge < -0.3 is 10.2 Å². The van der Waals surface area contributed by atoms with Crippen LogP contribution in [0.25, 0.3) is 11.0 Å². The van der Waals surface area contributed by atoms with Crippen LogP contribution >= 0.6 is 0 Å². The van der Waals surface area contributed by atoms with Crippen molar-refractivity contribution in [2.24, 2.45) is 0 Å². The van der Waals surface area contributed by atoms with Crippen LogP contribution in [0.5, 0.6) is 0 Å². The molecule has 0 aliphatic carbocycles. The van der Waals surface area contributed by atoms with E-state index in [1.807, 2.05) is 17.1 Å². The van der Waals surface area contributed by atoms with Crippen LogP contribution in [-0.4, -0.2) is 68.4 Å². The Labute approximate surface area is 197 Å². The monoisotopic (exact) mass is 489 g/mol. The molecule has 3 amide bonds. The molecule has 2 atom stereocenters. The topological polar surface area (TPSA) is 132 Å². The first kappa shape index (κ1) is 22.8. The van der Waals surface area contributed by atoms with Gasteiger partial charge >= 0.3 is 12.2 Å². The molecule has 3 aromatic heterocycles. The summed E-state index contributed by atoms with van der Waals surface area (Å²) < 4.78 is 38.7. The van der Waals surface area contributed by atoms with Crippen molar-refractivity contribution in [3.05, 3.63) is 29.8 Å². The van der Waals surface area contributed by atoms with Crippen molar-refractivity contribution in [3.8, 4) is 0 Å². The Hall–Kier alpha value is -3.97. The maximum atomic E-state index is 13.4. The summed E-state index contributed by atoms with van der Waals surface area (Å²) in [7, 11) is 0. The Kier molecular flexibility index (Phi) is 5.44. The van der Waals surface area contributed by atoms with Crippen LogP contribution in [0.2, 0.25) is 0 Å². The number of pyridine rings is 1. The molecule has 2 aliphatic heterocycles. The largest absolute Gasteiger partial charge is 0.408 e. The van der Waals surface area contributed by atoms with Gasteiger partial charge in [0.15, 0.2) is 17.3 Å². The molecular formula is C21H22F3N9O2. The predicted octanol–water partition coefficient (Wildman–Crippen LogP) is 2.76. The first-order valence-electron chi connectivity index (χ1n) is 11.0. The molecule has 2 aliphatic rings. The van der Waals surface area contributed by atoms with Gasteiger partial charge in [-0.1, -0.05) is 0 Å². The highest BCUT2D eigenvalue weighted by Gasteiger charge is 2.40. The number of halogens is 3. The van der Waals surface area contributed by atoms with Crippen molar-refractivity contribution in [2.45, 2.75) is 44.9 Å². The lowest BCUT2D eigenvalue weighted by atomic mass is 10.0. The minimum Gasteiger partial charge on any atom is -0.365 e. The molecule has 3 N–H and O–H groups in total. The zero-order chi connectivity index (χ0) is 24.9. The number of aromatic nitrogens is 5. The number of amides is 3. The Balaban J connectivity index is 1.47. The van der Waals surface area contributed by atoms with Crippen molar-refractivity contribution >= 4 is 40.3 Å². The summed E-state index contributed by atoms with van der Waals surface area (Å²) in [6, 6.07) is 0.725. The lowest BCUT2D eigenvalue weighted by Gasteiger charge is -2.45. The first-order valence-corrected chi connectivity index (χ1v) is 11.0. The van der Waals surface area contributed by atoms with Crippen molar-refractivity contribution < 1.29 is 22.8 Å². The number of aromatic amines is 1. The average molecular weight is 489 g/mol. The van der Waals surface area contributed by atoms with Crippen LogP contribution in [0.15, 0.2) is 18.3 Å². The second kappa shape index (κ2) is 8.36. The van der Waals surface area contributed by atoms with Crippen molar-refractivity contribution in [2.75, 3.05) is 28.2 Å². The number of anilines is 3. The van der Waals surface area contributed by atoms with E-state index in [-0.39, 0.29) is 17.7 Å². The Morgan fingerprint density at radius 3 is 2.83 bits per heavy atom. The van der Waals surface area contributed by atoms with Crippen molar-refractivity contribution in [3.63, 3.8) is 0 Å². The molecule has 184 valence electrons. The van der Waals surface area contributed by atoms with E-state index in [0.717, 1.165) is 19.0 Å². The SMILES string of the molecule is Cc1ccc2c(NC(=O)N3c4nc(C(=O)N[C@H](C)C(F)(F)F)ncc4N4CCC[C@H]3C4)n[nH]c2n1. The standard InChI is InChI=1S/C21H22F3N9O2/c1-10-5-6-13-15(26-10)30-31-16(13)29-20(35)33-12-4-3-7-32(9-12)14-8-25-17(28-18(14)33)19(34)27-11(2)21(22,23)24/h5-6,8,11-12H,3-4,7,9H2,1-2H3,(H,27,34)(H2,26,29,30,31,35)/t11-,12+/m1/s1. The molecule has 11 nitrogen and oxygen atoms in total. The summed E-state index contributed by atoms with van der Waals surface area (Å²) in [5, 5.41) is 12.2. The van der Waals surface area contributed by atoms with Crippen LogP contribution < -0.4 is 20.4 Å². The van der Waals surface area contributed by atoms with Crippen molar-refractivity contribution in [1.29, 1.82) is 0 Å². The third kappa shape index (κ3) is 4.19. The van der Waals surface area contributed by atoms with Crippen LogP contribution in [-0.2, 0) is 0 Å². The fraction of sp³-hybridized carbons (Fsp3) is 0.429. The molecule has 0 aromatic carbocycles. The molecule has 0 saturated carbocycles. The van der Waals surface area contributed by atoms with Crippen LogP contribution in [0.1, 0.15) is 36.1 Å². The quantitative estimate of drug-likeness (QED) is 0.515. The van der Waals surface area contributed by atoms with Crippen LogP contribution in [0.3, 0.4) is 0 Å². The fourth-order valence-corrected chi connectivity index (χ4v) is 4.30. The molecule has 2 bridgehead atoms. The summed E-state index contributed by atoms with van der Waals surface area (Å²) in [5.41, 5.74) is 1.83. The van der Waals surface area contributed by atoms with Crippen LogP contribution in [0.4, 0.5) is 35.3 Å². The lowest BCUT2D eigenvalue weighted by molar-refractivity contribution is -0.149. The minimum atomic E-state index is -4.61. The first-order chi connectivity index (χ1) is 16.6. The van der Waals surface area contributed by atoms with E-state index in [1.165, 1.54) is 11.1 Å². The van der Waals surface area contributed by atoms with Gasteiger partial charge in [-0.15, -0.1) is 0 Å². The zero-order valence-corrected chi connectivity index (χ0v) is 18.8. The Bertz CT molecular complexity index is 1310. The third-order valence-electron chi connectivity index (χ3n) is 6.13. The summed E-state index contributed by atoms with van der Waals surface area (Å²) in [5.74, 6) is -1.09. The molecule has 5 rings (SSSR count). The van der Waals surface area contributed by atoms with Gasteiger partial charge in [0.25, 0.3) is 5.91 Å². The van der Waals surface area contributed by atoms with Gasteiger partial charge in [0.2, 0.25) is 5.82 Å². The molecule has 3 aromatic rings.